The molecular formula is C7H13ClN4. The van der Waals surface area contributed by atoms with Crippen LogP contribution in [0.1, 0.15) is 32.0 Å². The number of tetrazole rings is 1. The molecule has 0 aliphatic carbocycles. The van der Waals surface area contributed by atoms with Crippen molar-refractivity contribution in [1.29, 1.82) is 0 Å². The van der Waals surface area contributed by atoms with Gasteiger partial charge in [0.25, 0.3) is 0 Å². The van der Waals surface area contributed by atoms with E-state index in [-0.39, 0.29) is 11.3 Å². The van der Waals surface area contributed by atoms with Crippen LogP contribution in [0.25, 0.3) is 0 Å². The van der Waals surface area contributed by atoms with Gasteiger partial charge in [-0.3, -0.25) is 0 Å². The SMILES string of the molecule is CCC(c1nnnn1C)C(C)Cl. The lowest BCUT2D eigenvalue weighted by Gasteiger charge is -2.14. The highest BCUT2D eigenvalue weighted by molar-refractivity contribution is 6.20. The lowest BCUT2D eigenvalue weighted by molar-refractivity contribution is 0.563. The average Bonchev–Trinajstić information content (AvgIpc) is 2.38. The fourth-order valence-corrected chi connectivity index (χ4v) is 1.55. The Morgan fingerprint density at radius 1 is 1.58 bits per heavy atom. The predicted octanol–water partition coefficient (Wildman–Crippen LogP) is 1.33. The molecule has 0 aliphatic heterocycles. The number of hydrogen-bond acceptors (Lipinski definition) is 3. The summed E-state index contributed by atoms with van der Waals surface area (Å²) in [5.41, 5.74) is 0. The Hall–Kier alpha value is -0.640. The van der Waals surface area contributed by atoms with Crippen molar-refractivity contribution in [3.63, 3.8) is 0 Å². The maximum absolute atomic E-state index is 6.00. The zero-order valence-electron chi connectivity index (χ0n) is 7.53. The minimum Gasteiger partial charge on any atom is -0.232 e. The zero-order chi connectivity index (χ0) is 9.14. The van der Waals surface area contributed by atoms with Crippen molar-refractivity contribution in [3.05, 3.63) is 5.82 Å². The molecule has 0 aliphatic rings. The maximum Gasteiger partial charge on any atom is 0.155 e. The lowest BCUT2D eigenvalue weighted by Crippen LogP contribution is -2.14. The molecule has 0 saturated carbocycles. The summed E-state index contributed by atoms with van der Waals surface area (Å²) in [5.74, 6) is 1.10. The van der Waals surface area contributed by atoms with Crippen molar-refractivity contribution >= 4 is 11.6 Å². The first-order chi connectivity index (χ1) is 5.66. The quantitative estimate of drug-likeness (QED) is 0.673. The van der Waals surface area contributed by atoms with E-state index in [0.29, 0.717) is 0 Å². The lowest BCUT2D eigenvalue weighted by atomic mass is 10.0. The van der Waals surface area contributed by atoms with E-state index < -0.39 is 0 Å². The van der Waals surface area contributed by atoms with Gasteiger partial charge in [0.15, 0.2) is 5.82 Å². The second-order valence-electron chi connectivity index (χ2n) is 2.85. The molecule has 2 atom stereocenters. The number of rotatable bonds is 3. The second kappa shape index (κ2) is 3.85. The van der Waals surface area contributed by atoms with Gasteiger partial charge in [0.05, 0.1) is 0 Å². The van der Waals surface area contributed by atoms with Crippen LogP contribution in [0, 0.1) is 0 Å². The standard InChI is InChI=1S/C7H13ClN4/c1-4-6(5(2)8)7-9-10-11-12(7)3/h5-6H,4H2,1-3H3. The third-order valence-electron chi connectivity index (χ3n) is 1.98. The molecule has 0 N–H and O–H groups in total. The molecular weight excluding hydrogens is 176 g/mol. The Labute approximate surface area is 76.9 Å². The van der Waals surface area contributed by atoms with Gasteiger partial charge in [0.2, 0.25) is 0 Å². The molecule has 1 rings (SSSR count). The molecule has 0 radical (unpaired) electrons. The minimum absolute atomic E-state index is 0.0692. The van der Waals surface area contributed by atoms with Crippen LogP contribution < -0.4 is 0 Å². The predicted molar refractivity (Wildman–Crippen MR) is 47.1 cm³/mol. The van der Waals surface area contributed by atoms with Crippen LogP contribution >= 0.6 is 11.6 Å². The summed E-state index contributed by atoms with van der Waals surface area (Å²) in [7, 11) is 1.83. The Balaban J connectivity index is 2.87. The third-order valence-corrected chi connectivity index (χ3v) is 2.28. The normalized spacial score (nSPS) is 16.0. The van der Waals surface area contributed by atoms with Crippen LogP contribution in [0.4, 0.5) is 0 Å². The van der Waals surface area contributed by atoms with E-state index in [4.69, 9.17) is 11.6 Å². The van der Waals surface area contributed by atoms with Crippen LogP contribution in [0.3, 0.4) is 0 Å². The molecule has 5 heteroatoms. The van der Waals surface area contributed by atoms with E-state index in [1.54, 1.807) is 4.68 Å². The molecule has 0 bridgehead atoms. The number of hydrogen-bond donors (Lipinski definition) is 0. The van der Waals surface area contributed by atoms with E-state index in [9.17, 15) is 0 Å². The van der Waals surface area contributed by atoms with Crippen molar-refractivity contribution in [1.82, 2.24) is 20.2 Å². The number of aryl methyl sites for hydroxylation is 1. The molecule has 68 valence electrons. The van der Waals surface area contributed by atoms with Crippen molar-refractivity contribution in [2.24, 2.45) is 7.05 Å². The number of halogens is 1. The van der Waals surface area contributed by atoms with Gasteiger partial charge < -0.3 is 0 Å². The van der Waals surface area contributed by atoms with Gasteiger partial charge in [-0.1, -0.05) is 6.92 Å². The Morgan fingerprint density at radius 2 is 2.25 bits per heavy atom. The summed E-state index contributed by atoms with van der Waals surface area (Å²) in [6.07, 6.45) is 0.957. The smallest absolute Gasteiger partial charge is 0.155 e. The highest BCUT2D eigenvalue weighted by atomic mass is 35.5. The molecule has 0 spiro atoms. The van der Waals surface area contributed by atoms with Gasteiger partial charge in [-0.05, 0) is 23.8 Å². The highest BCUT2D eigenvalue weighted by Crippen LogP contribution is 2.23. The molecule has 1 heterocycles. The summed E-state index contributed by atoms with van der Waals surface area (Å²) in [6.45, 7) is 4.04. The minimum atomic E-state index is 0.0692. The van der Waals surface area contributed by atoms with Crippen LogP contribution in [0.2, 0.25) is 0 Å². The topological polar surface area (TPSA) is 43.6 Å². The highest BCUT2D eigenvalue weighted by Gasteiger charge is 2.20. The van der Waals surface area contributed by atoms with E-state index in [1.807, 2.05) is 14.0 Å². The van der Waals surface area contributed by atoms with Crippen molar-refractivity contribution in [2.45, 2.75) is 31.6 Å². The molecule has 0 aromatic carbocycles. The summed E-state index contributed by atoms with van der Waals surface area (Å²) >= 11 is 6.00. The van der Waals surface area contributed by atoms with E-state index in [0.717, 1.165) is 12.2 Å². The summed E-state index contributed by atoms with van der Waals surface area (Å²) < 4.78 is 1.67. The van der Waals surface area contributed by atoms with Crippen molar-refractivity contribution in [3.8, 4) is 0 Å². The van der Waals surface area contributed by atoms with Gasteiger partial charge in [-0.15, -0.1) is 16.7 Å². The monoisotopic (exact) mass is 188 g/mol. The number of nitrogens with zero attached hydrogens (tertiary/aromatic N) is 4. The van der Waals surface area contributed by atoms with Gasteiger partial charge in [-0.25, -0.2) is 4.68 Å². The van der Waals surface area contributed by atoms with Crippen LogP contribution in [0.5, 0.6) is 0 Å². The fraction of sp³-hybridized carbons (Fsp3) is 0.857. The summed E-state index contributed by atoms with van der Waals surface area (Å²) in [4.78, 5) is 0. The molecule has 1 aromatic rings. The van der Waals surface area contributed by atoms with Crippen molar-refractivity contribution in [2.75, 3.05) is 0 Å². The molecule has 2 unspecified atom stereocenters. The summed E-state index contributed by atoms with van der Waals surface area (Å²) in [5, 5.41) is 11.3. The third kappa shape index (κ3) is 1.75. The first-order valence-corrected chi connectivity index (χ1v) is 4.46. The Bertz CT molecular complexity index is 245. The van der Waals surface area contributed by atoms with E-state index >= 15 is 0 Å². The van der Waals surface area contributed by atoms with Crippen LogP contribution in [-0.4, -0.2) is 25.6 Å². The van der Waals surface area contributed by atoms with E-state index in [1.165, 1.54) is 0 Å². The van der Waals surface area contributed by atoms with Gasteiger partial charge >= 0.3 is 0 Å². The largest absolute Gasteiger partial charge is 0.232 e. The van der Waals surface area contributed by atoms with Crippen LogP contribution in [-0.2, 0) is 7.05 Å². The summed E-state index contributed by atoms with van der Waals surface area (Å²) in [6, 6.07) is 0. The van der Waals surface area contributed by atoms with Gasteiger partial charge in [0.1, 0.15) is 0 Å². The molecule has 0 saturated heterocycles. The first kappa shape index (κ1) is 9.45. The molecule has 1 aromatic heterocycles. The molecule has 0 amide bonds. The van der Waals surface area contributed by atoms with Gasteiger partial charge in [-0.2, -0.15) is 0 Å². The maximum atomic E-state index is 6.00. The van der Waals surface area contributed by atoms with Crippen molar-refractivity contribution < 1.29 is 0 Å². The van der Waals surface area contributed by atoms with Gasteiger partial charge in [0, 0.05) is 18.3 Å². The average molecular weight is 189 g/mol. The second-order valence-corrected chi connectivity index (χ2v) is 3.54. The first-order valence-electron chi connectivity index (χ1n) is 4.03. The molecule has 4 nitrogen and oxygen atoms in total. The fourth-order valence-electron chi connectivity index (χ4n) is 1.26. The number of aromatic nitrogens is 4. The molecule has 0 fully saturated rings. The van der Waals surface area contributed by atoms with E-state index in [2.05, 4.69) is 22.4 Å². The number of alkyl halides is 1. The van der Waals surface area contributed by atoms with Crippen LogP contribution in [0.15, 0.2) is 0 Å². The Morgan fingerprint density at radius 3 is 2.58 bits per heavy atom. The molecule has 12 heavy (non-hydrogen) atoms. The Kier molecular flexibility index (Phi) is 3.03. The zero-order valence-corrected chi connectivity index (χ0v) is 8.28.